The molecule has 25 heavy (non-hydrogen) atoms. The van der Waals surface area contributed by atoms with Crippen LogP contribution in [-0.2, 0) is 0 Å². The summed E-state index contributed by atoms with van der Waals surface area (Å²) in [5, 5.41) is 0.905. The third kappa shape index (κ3) is 2.30. The molecule has 1 unspecified atom stereocenters. The van der Waals surface area contributed by atoms with Crippen molar-refractivity contribution in [2.75, 3.05) is 0 Å². The van der Waals surface area contributed by atoms with Crippen molar-refractivity contribution >= 4 is 11.0 Å². The molecule has 1 saturated carbocycles. The van der Waals surface area contributed by atoms with Gasteiger partial charge in [-0.15, -0.1) is 0 Å². The van der Waals surface area contributed by atoms with Gasteiger partial charge in [0.2, 0.25) is 0 Å². The van der Waals surface area contributed by atoms with Crippen LogP contribution in [0.15, 0.2) is 63.8 Å². The molecule has 126 valence electrons. The molecule has 2 aliphatic rings. The molecular weight excluding hydrogens is 312 g/mol. The van der Waals surface area contributed by atoms with Gasteiger partial charge in [0.25, 0.3) is 0 Å². The molecule has 1 aliphatic carbocycles. The van der Waals surface area contributed by atoms with Crippen molar-refractivity contribution in [3.63, 3.8) is 0 Å². The highest BCUT2D eigenvalue weighted by molar-refractivity contribution is 5.85. The van der Waals surface area contributed by atoms with Crippen LogP contribution in [-0.4, -0.2) is 6.10 Å². The van der Waals surface area contributed by atoms with Crippen molar-refractivity contribution in [1.29, 1.82) is 0 Å². The minimum Gasteiger partial charge on any atom is -0.489 e. The number of hydrogen-bond acceptors (Lipinski definition) is 3. The van der Waals surface area contributed by atoms with Crippen LogP contribution in [0.2, 0.25) is 0 Å². The van der Waals surface area contributed by atoms with Crippen LogP contribution in [0.3, 0.4) is 0 Å². The second kappa shape index (κ2) is 5.76. The Morgan fingerprint density at radius 3 is 2.52 bits per heavy atom. The zero-order valence-corrected chi connectivity index (χ0v) is 14.0. The van der Waals surface area contributed by atoms with Crippen LogP contribution in [0.5, 0.6) is 5.75 Å². The van der Waals surface area contributed by atoms with Crippen molar-refractivity contribution < 1.29 is 9.15 Å². The van der Waals surface area contributed by atoms with Gasteiger partial charge in [-0.1, -0.05) is 48.9 Å². The van der Waals surface area contributed by atoms with Crippen LogP contribution < -0.4 is 10.4 Å². The minimum atomic E-state index is -0.258. The maximum Gasteiger partial charge on any atom is 0.343 e. The standard InChI is InChI=1S/C22H20O3/c23-22-20-19(14-8-2-1-3-9-14)15-10-4-6-12-17(15)24-21(20)16-11-5-7-13-18(16)25-22/h1-3,5,7-9,11,13,15,17,19H,4,6,10,12H2/t15?,17-,19-/m1/s1. The number of benzene rings is 2. The third-order valence-corrected chi connectivity index (χ3v) is 5.72. The van der Waals surface area contributed by atoms with E-state index in [0.29, 0.717) is 17.1 Å². The lowest BCUT2D eigenvalue weighted by Gasteiger charge is -2.42. The first-order valence-corrected chi connectivity index (χ1v) is 9.10. The van der Waals surface area contributed by atoms with Crippen molar-refractivity contribution in [2.45, 2.75) is 37.7 Å². The molecular formula is C22H20O3. The number of fused-ring (bicyclic) bond motifs is 4. The van der Waals surface area contributed by atoms with Crippen LogP contribution >= 0.6 is 0 Å². The fraction of sp³-hybridized carbons (Fsp3) is 0.318. The average Bonchev–Trinajstić information content (AvgIpc) is 2.67. The summed E-state index contributed by atoms with van der Waals surface area (Å²) >= 11 is 0. The van der Waals surface area contributed by atoms with E-state index in [0.717, 1.165) is 24.0 Å². The van der Waals surface area contributed by atoms with E-state index in [1.54, 1.807) is 0 Å². The zero-order chi connectivity index (χ0) is 16.8. The topological polar surface area (TPSA) is 39.4 Å². The highest BCUT2D eigenvalue weighted by Crippen LogP contribution is 2.49. The number of ether oxygens (including phenoxy) is 1. The molecule has 0 radical (unpaired) electrons. The summed E-state index contributed by atoms with van der Waals surface area (Å²) in [7, 11) is 0. The lowest BCUT2D eigenvalue weighted by Crippen LogP contribution is -2.41. The molecule has 0 saturated heterocycles. The molecule has 0 N–H and O–H groups in total. The fourth-order valence-corrected chi connectivity index (χ4v) is 4.62. The molecule has 1 aliphatic heterocycles. The molecule has 2 heterocycles. The predicted molar refractivity (Wildman–Crippen MR) is 97.1 cm³/mol. The molecule has 1 aromatic heterocycles. The van der Waals surface area contributed by atoms with E-state index < -0.39 is 0 Å². The fourth-order valence-electron chi connectivity index (χ4n) is 4.62. The van der Waals surface area contributed by atoms with Gasteiger partial charge in [-0.3, -0.25) is 0 Å². The minimum absolute atomic E-state index is 0.0520. The van der Waals surface area contributed by atoms with E-state index in [-0.39, 0.29) is 17.6 Å². The van der Waals surface area contributed by atoms with Gasteiger partial charge in [0.1, 0.15) is 17.4 Å². The van der Waals surface area contributed by atoms with E-state index in [9.17, 15) is 4.79 Å². The summed E-state index contributed by atoms with van der Waals surface area (Å²) in [5.74, 6) is 1.13. The monoisotopic (exact) mass is 332 g/mol. The van der Waals surface area contributed by atoms with Gasteiger partial charge < -0.3 is 9.15 Å². The lowest BCUT2D eigenvalue weighted by atomic mass is 9.70. The van der Waals surface area contributed by atoms with E-state index in [1.165, 1.54) is 18.4 Å². The van der Waals surface area contributed by atoms with E-state index >= 15 is 0 Å². The molecule has 3 heteroatoms. The molecule has 1 fully saturated rings. The molecule has 0 spiro atoms. The maximum absolute atomic E-state index is 12.9. The van der Waals surface area contributed by atoms with Crippen molar-refractivity contribution in [3.8, 4) is 5.75 Å². The van der Waals surface area contributed by atoms with E-state index in [1.807, 2.05) is 42.5 Å². The first-order chi connectivity index (χ1) is 12.3. The summed E-state index contributed by atoms with van der Waals surface area (Å²) in [6.45, 7) is 0. The second-order valence-corrected chi connectivity index (χ2v) is 7.12. The summed E-state index contributed by atoms with van der Waals surface area (Å²) in [6.07, 6.45) is 4.72. The SMILES string of the molecule is O=c1oc2ccccc2c2c1[C@H](c1ccccc1)C1CCCC[C@H]1O2. The maximum atomic E-state index is 12.9. The highest BCUT2D eigenvalue weighted by Gasteiger charge is 2.43. The number of hydrogen-bond donors (Lipinski definition) is 0. The lowest BCUT2D eigenvalue weighted by molar-refractivity contribution is 0.0636. The summed E-state index contributed by atoms with van der Waals surface area (Å²) in [6, 6.07) is 18.0. The van der Waals surface area contributed by atoms with Crippen molar-refractivity contribution in [3.05, 3.63) is 76.1 Å². The second-order valence-electron chi connectivity index (χ2n) is 7.12. The van der Waals surface area contributed by atoms with Gasteiger partial charge in [-0.05, 0) is 37.0 Å². The van der Waals surface area contributed by atoms with Crippen molar-refractivity contribution in [1.82, 2.24) is 0 Å². The summed E-state index contributed by atoms with van der Waals surface area (Å²) < 4.78 is 12.1. The summed E-state index contributed by atoms with van der Waals surface area (Å²) in [4.78, 5) is 12.9. The Labute approximate surface area is 146 Å². The molecule has 0 amide bonds. The largest absolute Gasteiger partial charge is 0.489 e. The average molecular weight is 332 g/mol. The quantitative estimate of drug-likeness (QED) is 0.596. The Hall–Kier alpha value is -2.55. The molecule has 3 atom stereocenters. The van der Waals surface area contributed by atoms with E-state index in [2.05, 4.69) is 12.1 Å². The van der Waals surface area contributed by atoms with Crippen LogP contribution in [0.25, 0.3) is 11.0 Å². The smallest absolute Gasteiger partial charge is 0.343 e. The van der Waals surface area contributed by atoms with Gasteiger partial charge >= 0.3 is 5.63 Å². The molecule has 3 nitrogen and oxygen atoms in total. The normalized spacial score (nSPS) is 25.0. The molecule has 3 aromatic rings. The van der Waals surface area contributed by atoms with Crippen LogP contribution in [0.1, 0.15) is 42.7 Å². The first-order valence-electron chi connectivity index (χ1n) is 9.10. The number of rotatable bonds is 1. The first kappa shape index (κ1) is 14.8. The number of para-hydroxylation sites is 1. The Balaban J connectivity index is 1.81. The third-order valence-electron chi connectivity index (χ3n) is 5.72. The van der Waals surface area contributed by atoms with Crippen LogP contribution in [0, 0.1) is 5.92 Å². The summed E-state index contributed by atoms with van der Waals surface area (Å²) in [5.41, 5.74) is 2.23. The van der Waals surface area contributed by atoms with Gasteiger partial charge in [0.15, 0.2) is 0 Å². The Morgan fingerprint density at radius 2 is 1.64 bits per heavy atom. The van der Waals surface area contributed by atoms with Crippen LogP contribution in [0.4, 0.5) is 0 Å². The van der Waals surface area contributed by atoms with Gasteiger partial charge in [-0.25, -0.2) is 4.79 Å². The zero-order valence-electron chi connectivity index (χ0n) is 14.0. The van der Waals surface area contributed by atoms with E-state index in [4.69, 9.17) is 9.15 Å². The van der Waals surface area contributed by atoms with Gasteiger partial charge in [0, 0.05) is 11.8 Å². The Kier molecular flexibility index (Phi) is 3.40. The van der Waals surface area contributed by atoms with Gasteiger partial charge in [-0.2, -0.15) is 0 Å². The molecule has 2 aromatic carbocycles. The predicted octanol–water partition coefficient (Wildman–Crippen LogP) is 4.88. The Morgan fingerprint density at radius 1 is 0.880 bits per heavy atom. The van der Waals surface area contributed by atoms with Crippen molar-refractivity contribution in [2.24, 2.45) is 5.92 Å². The Bertz CT molecular complexity index is 973. The molecule has 0 bridgehead atoms. The highest BCUT2D eigenvalue weighted by atomic mass is 16.5. The molecule has 5 rings (SSSR count). The van der Waals surface area contributed by atoms with Gasteiger partial charge in [0.05, 0.1) is 10.9 Å².